The number of carbonyl (C=O) groups is 1. The molecule has 1 atom stereocenters. The first-order valence-corrected chi connectivity index (χ1v) is 8.28. The van der Waals surface area contributed by atoms with Crippen LogP contribution in [0.3, 0.4) is 0 Å². The smallest absolute Gasteiger partial charge is 0.220 e. The molecule has 1 amide bonds. The van der Waals surface area contributed by atoms with E-state index in [-0.39, 0.29) is 12.5 Å². The minimum Gasteiger partial charge on any atom is -0.466 e. The fourth-order valence-corrected chi connectivity index (χ4v) is 2.74. The van der Waals surface area contributed by atoms with Gasteiger partial charge in [-0.3, -0.25) is 9.48 Å². The summed E-state index contributed by atoms with van der Waals surface area (Å²) in [6.45, 7) is 6.09. The van der Waals surface area contributed by atoms with Gasteiger partial charge >= 0.3 is 0 Å². The van der Waals surface area contributed by atoms with Crippen molar-refractivity contribution in [1.29, 1.82) is 5.26 Å². The molecular formula is C18H24N4O3. The van der Waals surface area contributed by atoms with E-state index in [1.165, 1.54) is 6.26 Å². The number of aliphatic hydroxyl groups is 1. The number of amides is 1. The highest BCUT2D eigenvalue weighted by molar-refractivity contribution is 5.76. The van der Waals surface area contributed by atoms with E-state index in [0.29, 0.717) is 31.6 Å². The number of hydrogen-bond acceptors (Lipinski definition) is 5. The van der Waals surface area contributed by atoms with Gasteiger partial charge in [0.1, 0.15) is 11.4 Å². The van der Waals surface area contributed by atoms with Crippen molar-refractivity contribution in [3.8, 4) is 6.07 Å². The van der Waals surface area contributed by atoms with E-state index in [4.69, 9.17) is 9.68 Å². The molecule has 0 saturated heterocycles. The summed E-state index contributed by atoms with van der Waals surface area (Å²) in [5, 5.41) is 26.2. The van der Waals surface area contributed by atoms with Crippen LogP contribution in [0.15, 0.2) is 22.8 Å². The van der Waals surface area contributed by atoms with E-state index in [1.54, 1.807) is 19.1 Å². The van der Waals surface area contributed by atoms with Crippen LogP contribution in [-0.2, 0) is 23.4 Å². The monoisotopic (exact) mass is 344 g/mol. The molecule has 0 aromatic carbocycles. The van der Waals surface area contributed by atoms with Crippen LogP contribution < -0.4 is 5.32 Å². The normalized spacial score (nSPS) is 13.2. The zero-order valence-corrected chi connectivity index (χ0v) is 14.9. The third-order valence-electron chi connectivity index (χ3n) is 4.25. The highest BCUT2D eigenvalue weighted by Crippen LogP contribution is 2.20. The summed E-state index contributed by atoms with van der Waals surface area (Å²) in [5.74, 6) is 0.272. The minimum atomic E-state index is -1.24. The van der Waals surface area contributed by atoms with E-state index < -0.39 is 5.60 Å². The zero-order valence-electron chi connectivity index (χ0n) is 14.9. The Bertz CT molecular complexity index is 754. The van der Waals surface area contributed by atoms with Crippen molar-refractivity contribution < 1.29 is 14.3 Å². The van der Waals surface area contributed by atoms with E-state index in [2.05, 4.69) is 16.5 Å². The van der Waals surface area contributed by atoms with Gasteiger partial charge in [0.2, 0.25) is 5.91 Å². The first-order valence-electron chi connectivity index (χ1n) is 8.28. The highest BCUT2D eigenvalue weighted by Gasteiger charge is 2.26. The number of rotatable bonds is 8. The van der Waals surface area contributed by atoms with E-state index in [9.17, 15) is 9.90 Å². The molecule has 0 bridgehead atoms. The molecule has 0 saturated carbocycles. The number of hydrogen-bond donors (Lipinski definition) is 2. The largest absolute Gasteiger partial charge is 0.466 e. The van der Waals surface area contributed by atoms with Crippen LogP contribution in [0.2, 0.25) is 0 Å². The van der Waals surface area contributed by atoms with Crippen LogP contribution in [0.1, 0.15) is 42.5 Å². The number of nitrogens with one attached hydrogen (secondary N) is 1. The Morgan fingerprint density at radius 3 is 2.92 bits per heavy atom. The molecule has 2 aromatic rings. The van der Waals surface area contributed by atoms with Crippen LogP contribution in [0.4, 0.5) is 0 Å². The third-order valence-corrected chi connectivity index (χ3v) is 4.25. The number of furan rings is 1. The fourth-order valence-electron chi connectivity index (χ4n) is 2.74. The second-order valence-corrected chi connectivity index (χ2v) is 6.31. The molecule has 134 valence electrons. The van der Waals surface area contributed by atoms with E-state index in [0.717, 1.165) is 17.0 Å². The first-order chi connectivity index (χ1) is 11.8. The second-order valence-electron chi connectivity index (χ2n) is 6.31. The number of aromatic nitrogens is 2. The molecule has 25 heavy (non-hydrogen) atoms. The SMILES string of the molecule is Cc1nn(CCC#N)c(C)c1CCC(=O)NCC(C)(O)c1ccco1. The standard InChI is InChI=1S/C18H24N4O3/c1-13-15(14(2)22(21-13)10-5-9-19)7-8-17(23)20-12-18(3,24)16-6-4-11-25-16/h4,6,11,24H,5,7-8,10,12H2,1-3H3,(H,20,23). The molecule has 2 aromatic heterocycles. The summed E-state index contributed by atoms with van der Waals surface area (Å²) >= 11 is 0. The molecule has 0 spiro atoms. The Hall–Kier alpha value is -2.59. The summed E-state index contributed by atoms with van der Waals surface area (Å²) in [7, 11) is 0. The first kappa shape index (κ1) is 18.7. The van der Waals surface area contributed by atoms with Gasteiger partial charge in [-0.25, -0.2) is 0 Å². The molecule has 2 N–H and O–H groups in total. The van der Waals surface area contributed by atoms with Crippen molar-refractivity contribution in [3.05, 3.63) is 41.1 Å². The average Bonchev–Trinajstić information content (AvgIpc) is 3.19. The number of carbonyl (C=O) groups excluding carboxylic acids is 1. The number of nitrogens with zero attached hydrogens (tertiary/aromatic N) is 3. The third kappa shape index (κ3) is 4.70. The molecule has 7 heteroatoms. The predicted octanol–water partition coefficient (Wildman–Crippen LogP) is 1.96. The molecule has 1 unspecified atom stereocenters. The van der Waals surface area contributed by atoms with Gasteiger partial charge < -0.3 is 14.8 Å². The lowest BCUT2D eigenvalue weighted by molar-refractivity contribution is -0.122. The Balaban J connectivity index is 1.88. The maximum atomic E-state index is 12.1. The summed E-state index contributed by atoms with van der Waals surface area (Å²) in [6.07, 6.45) is 2.77. The topological polar surface area (TPSA) is 104 Å². The minimum absolute atomic E-state index is 0.0821. The molecule has 7 nitrogen and oxygen atoms in total. The van der Waals surface area contributed by atoms with Crippen molar-refractivity contribution in [2.45, 2.75) is 52.2 Å². The van der Waals surface area contributed by atoms with Gasteiger partial charge in [-0.2, -0.15) is 10.4 Å². The number of nitriles is 1. The van der Waals surface area contributed by atoms with Crippen LogP contribution >= 0.6 is 0 Å². The van der Waals surface area contributed by atoms with Crippen molar-refractivity contribution in [2.24, 2.45) is 0 Å². The van der Waals surface area contributed by atoms with Gasteiger partial charge in [-0.15, -0.1) is 0 Å². The van der Waals surface area contributed by atoms with Gasteiger partial charge in [-0.1, -0.05) is 0 Å². The Morgan fingerprint density at radius 1 is 1.52 bits per heavy atom. The molecule has 2 heterocycles. The second kappa shape index (κ2) is 7.99. The van der Waals surface area contributed by atoms with Gasteiger partial charge in [0, 0.05) is 12.1 Å². The van der Waals surface area contributed by atoms with Gasteiger partial charge in [0.25, 0.3) is 0 Å². The quantitative estimate of drug-likeness (QED) is 0.762. The maximum absolute atomic E-state index is 12.1. The van der Waals surface area contributed by atoms with Crippen LogP contribution in [0.25, 0.3) is 0 Å². The van der Waals surface area contributed by atoms with Crippen LogP contribution in [0, 0.1) is 25.2 Å². The van der Waals surface area contributed by atoms with Crippen LogP contribution in [0.5, 0.6) is 0 Å². The fraction of sp³-hybridized carbons (Fsp3) is 0.500. The van der Waals surface area contributed by atoms with Crippen molar-refractivity contribution >= 4 is 5.91 Å². The van der Waals surface area contributed by atoms with Gasteiger partial charge in [-0.05, 0) is 44.9 Å². The number of aryl methyl sites for hydroxylation is 2. The molecular weight excluding hydrogens is 320 g/mol. The molecule has 2 rings (SSSR count). The van der Waals surface area contributed by atoms with E-state index in [1.807, 2.05) is 18.5 Å². The van der Waals surface area contributed by atoms with Crippen molar-refractivity contribution in [2.75, 3.05) is 6.54 Å². The highest BCUT2D eigenvalue weighted by atomic mass is 16.4. The average molecular weight is 344 g/mol. The predicted molar refractivity (Wildman–Crippen MR) is 91.5 cm³/mol. The molecule has 0 aliphatic carbocycles. The van der Waals surface area contributed by atoms with Crippen molar-refractivity contribution in [3.63, 3.8) is 0 Å². The lowest BCUT2D eigenvalue weighted by Gasteiger charge is -2.21. The van der Waals surface area contributed by atoms with Gasteiger partial charge in [0.15, 0.2) is 0 Å². The molecule has 0 aliphatic rings. The zero-order chi connectivity index (χ0) is 18.4. The summed E-state index contributed by atoms with van der Waals surface area (Å²) in [6, 6.07) is 5.48. The lowest BCUT2D eigenvalue weighted by atomic mass is 10.0. The summed E-state index contributed by atoms with van der Waals surface area (Å²) < 4.78 is 7.00. The Labute approximate surface area is 147 Å². The Morgan fingerprint density at radius 2 is 2.28 bits per heavy atom. The maximum Gasteiger partial charge on any atom is 0.220 e. The summed E-state index contributed by atoms with van der Waals surface area (Å²) in [5.41, 5.74) is 1.66. The lowest BCUT2D eigenvalue weighted by Crippen LogP contribution is -2.38. The van der Waals surface area contributed by atoms with Crippen molar-refractivity contribution in [1.82, 2.24) is 15.1 Å². The summed E-state index contributed by atoms with van der Waals surface area (Å²) in [4.78, 5) is 12.1. The Kier molecular flexibility index (Phi) is 5.99. The van der Waals surface area contributed by atoms with Crippen LogP contribution in [-0.4, -0.2) is 27.3 Å². The molecule has 0 radical (unpaired) electrons. The van der Waals surface area contributed by atoms with E-state index >= 15 is 0 Å². The molecule has 0 aliphatic heterocycles. The van der Waals surface area contributed by atoms with Gasteiger partial charge in [0.05, 0.1) is 37.5 Å². The molecule has 0 fully saturated rings.